The molecule has 0 unspecified atom stereocenters. The zero-order valence-corrected chi connectivity index (χ0v) is 9.47. The molecule has 84 valence electrons. The van der Waals surface area contributed by atoms with Gasteiger partial charge in [-0.25, -0.2) is 4.98 Å². The van der Waals surface area contributed by atoms with Crippen molar-refractivity contribution in [2.24, 2.45) is 0 Å². The number of rotatable bonds is 2. The van der Waals surface area contributed by atoms with Gasteiger partial charge < -0.3 is 9.72 Å². The fourth-order valence-electron chi connectivity index (χ4n) is 2.03. The minimum absolute atomic E-state index is 0.874. The predicted molar refractivity (Wildman–Crippen MR) is 68.1 cm³/mol. The molecule has 1 heterocycles. The molecule has 17 heavy (non-hydrogen) atoms. The molecule has 0 saturated carbocycles. The number of H-pyrrole nitrogens is 1. The van der Waals surface area contributed by atoms with Crippen LogP contribution in [-0.4, -0.2) is 17.1 Å². The van der Waals surface area contributed by atoms with Crippen molar-refractivity contribution in [1.82, 2.24) is 9.97 Å². The van der Waals surface area contributed by atoms with E-state index in [1.165, 1.54) is 5.39 Å². The molecule has 0 aliphatic rings. The van der Waals surface area contributed by atoms with Crippen LogP contribution >= 0.6 is 0 Å². The zero-order chi connectivity index (χ0) is 11.7. The van der Waals surface area contributed by atoms with E-state index in [1.54, 1.807) is 13.4 Å². The Morgan fingerprint density at radius 3 is 2.88 bits per heavy atom. The molecule has 0 atom stereocenters. The third-order valence-corrected chi connectivity index (χ3v) is 2.88. The summed E-state index contributed by atoms with van der Waals surface area (Å²) in [4.78, 5) is 7.19. The van der Waals surface area contributed by atoms with Gasteiger partial charge in [-0.2, -0.15) is 0 Å². The molecule has 1 aromatic heterocycles. The molecule has 3 aromatic rings. The lowest BCUT2D eigenvalue weighted by molar-refractivity contribution is 0.415. The van der Waals surface area contributed by atoms with Crippen LogP contribution in [0, 0.1) is 0 Å². The SMILES string of the molecule is COc1ccc2c(-c3cnc[nH]3)cccc2c1. The van der Waals surface area contributed by atoms with E-state index < -0.39 is 0 Å². The van der Waals surface area contributed by atoms with Crippen molar-refractivity contribution < 1.29 is 4.74 Å². The minimum atomic E-state index is 0.874. The number of hydrogen-bond donors (Lipinski definition) is 1. The maximum absolute atomic E-state index is 5.23. The van der Waals surface area contributed by atoms with Gasteiger partial charge in [-0.1, -0.05) is 24.3 Å². The van der Waals surface area contributed by atoms with E-state index in [2.05, 4.69) is 28.2 Å². The molecular weight excluding hydrogens is 212 g/mol. The summed E-state index contributed by atoms with van der Waals surface area (Å²) in [7, 11) is 1.68. The Bertz CT molecular complexity index is 644. The van der Waals surface area contributed by atoms with Gasteiger partial charge in [0.2, 0.25) is 0 Å². The second-order valence-electron chi connectivity index (χ2n) is 3.86. The molecule has 0 amide bonds. The number of fused-ring (bicyclic) bond motifs is 1. The Hall–Kier alpha value is -2.29. The molecule has 0 aliphatic heterocycles. The molecule has 0 saturated heterocycles. The monoisotopic (exact) mass is 224 g/mol. The molecule has 2 aromatic carbocycles. The van der Waals surface area contributed by atoms with Crippen LogP contribution in [-0.2, 0) is 0 Å². The van der Waals surface area contributed by atoms with E-state index in [0.29, 0.717) is 0 Å². The molecule has 0 spiro atoms. The molecule has 0 aliphatic carbocycles. The second-order valence-corrected chi connectivity index (χ2v) is 3.86. The number of benzene rings is 2. The van der Waals surface area contributed by atoms with Crippen molar-refractivity contribution in [2.75, 3.05) is 7.11 Å². The Balaban J connectivity index is 2.27. The molecule has 3 nitrogen and oxygen atoms in total. The quantitative estimate of drug-likeness (QED) is 0.725. The number of hydrogen-bond acceptors (Lipinski definition) is 2. The Morgan fingerprint density at radius 1 is 1.18 bits per heavy atom. The Morgan fingerprint density at radius 2 is 2.12 bits per heavy atom. The fraction of sp³-hybridized carbons (Fsp3) is 0.0714. The zero-order valence-electron chi connectivity index (χ0n) is 9.47. The van der Waals surface area contributed by atoms with Gasteiger partial charge >= 0.3 is 0 Å². The number of nitrogens with one attached hydrogen (secondary N) is 1. The van der Waals surface area contributed by atoms with Gasteiger partial charge in [-0.05, 0) is 22.9 Å². The third kappa shape index (κ3) is 1.65. The molecular formula is C14H12N2O. The molecule has 0 radical (unpaired) electrons. The van der Waals surface area contributed by atoms with Crippen molar-refractivity contribution in [1.29, 1.82) is 0 Å². The number of ether oxygens (including phenoxy) is 1. The summed E-state index contributed by atoms with van der Waals surface area (Å²) < 4.78 is 5.23. The Kier molecular flexibility index (Phi) is 2.29. The van der Waals surface area contributed by atoms with Gasteiger partial charge in [0.1, 0.15) is 5.75 Å². The highest BCUT2D eigenvalue weighted by Gasteiger charge is 2.05. The van der Waals surface area contributed by atoms with Gasteiger partial charge in [-0.3, -0.25) is 0 Å². The van der Waals surface area contributed by atoms with Gasteiger partial charge in [-0.15, -0.1) is 0 Å². The summed E-state index contributed by atoms with van der Waals surface area (Å²) in [6, 6.07) is 12.3. The fourth-order valence-corrected chi connectivity index (χ4v) is 2.03. The van der Waals surface area contributed by atoms with Crippen molar-refractivity contribution in [2.45, 2.75) is 0 Å². The first-order valence-corrected chi connectivity index (χ1v) is 5.44. The third-order valence-electron chi connectivity index (χ3n) is 2.88. The largest absolute Gasteiger partial charge is 0.497 e. The van der Waals surface area contributed by atoms with E-state index in [-0.39, 0.29) is 0 Å². The van der Waals surface area contributed by atoms with Crippen molar-refractivity contribution in [3.8, 4) is 17.0 Å². The smallest absolute Gasteiger partial charge is 0.119 e. The minimum Gasteiger partial charge on any atom is -0.497 e. The van der Waals surface area contributed by atoms with Crippen molar-refractivity contribution >= 4 is 10.8 Å². The first-order valence-electron chi connectivity index (χ1n) is 5.44. The van der Waals surface area contributed by atoms with E-state index >= 15 is 0 Å². The van der Waals surface area contributed by atoms with Crippen LogP contribution in [0.25, 0.3) is 22.0 Å². The van der Waals surface area contributed by atoms with Crippen LogP contribution in [0.2, 0.25) is 0 Å². The van der Waals surface area contributed by atoms with Gasteiger partial charge in [0.15, 0.2) is 0 Å². The van der Waals surface area contributed by atoms with Crippen LogP contribution in [0.3, 0.4) is 0 Å². The van der Waals surface area contributed by atoms with E-state index in [1.807, 2.05) is 24.4 Å². The topological polar surface area (TPSA) is 37.9 Å². The van der Waals surface area contributed by atoms with Crippen LogP contribution in [0.1, 0.15) is 0 Å². The van der Waals surface area contributed by atoms with E-state index in [4.69, 9.17) is 4.74 Å². The van der Waals surface area contributed by atoms with Crippen LogP contribution in [0.15, 0.2) is 48.9 Å². The maximum Gasteiger partial charge on any atom is 0.119 e. The highest BCUT2D eigenvalue weighted by Crippen LogP contribution is 2.29. The highest BCUT2D eigenvalue weighted by molar-refractivity contribution is 5.96. The predicted octanol–water partition coefficient (Wildman–Crippen LogP) is 3.24. The Labute approximate surface area is 99.1 Å². The van der Waals surface area contributed by atoms with Crippen LogP contribution < -0.4 is 4.74 Å². The second kappa shape index (κ2) is 3.94. The summed E-state index contributed by atoms with van der Waals surface area (Å²) >= 11 is 0. The average Bonchev–Trinajstić information content (AvgIpc) is 2.91. The summed E-state index contributed by atoms with van der Waals surface area (Å²) in [6.07, 6.45) is 3.52. The summed E-state index contributed by atoms with van der Waals surface area (Å²) in [6.45, 7) is 0. The number of methoxy groups -OCH3 is 1. The van der Waals surface area contributed by atoms with Crippen molar-refractivity contribution in [3.05, 3.63) is 48.9 Å². The highest BCUT2D eigenvalue weighted by atomic mass is 16.5. The molecule has 0 bridgehead atoms. The summed E-state index contributed by atoms with van der Waals surface area (Å²) in [5.74, 6) is 0.874. The number of nitrogens with zero attached hydrogens (tertiary/aromatic N) is 1. The number of aromatic nitrogens is 2. The van der Waals surface area contributed by atoms with Gasteiger partial charge in [0.05, 0.1) is 25.3 Å². The van der Waals surface area contributed by atoms with Gasteiger partial charge in [0, 0.05) is 5.56 Å². The first-order chi connectivity index (χ1) is 8.38. The summed E-state index contributed by atoms with van der Waals surface area (Å²) in [5.41, 5.74) is 2.18. The van der Waals surface area contributed by atoms with Crippen molar-refractivity contribution in [3.63, 3.8) is 0 Å². The average molecular weight is 224 g/mol. The molecule has 3 heteroatoms. The van der Waals surface area contributed by atoms with Crippen LogP contribution in [0.5, 0.6) is 5.75 Å². The number of aromatic amines is 1. The normalized spacial score (nSPS) is 10.6. The number of imidazole rings is 1. The summed E-state index contributed by atoms with van der Waals surface area (Å²) in [5, 5.41) is 2.36. The lowest BCUT2D eigenvalue weighted by atomic mass is 10.0. The molecule has 0 fully saturated rings. The lowest BCUT2D eigenvalue weighted by Crippen LogP contribution is -1.84. The van der Waals surface area contributed by atoms with E-state index in [9.17, 15) is 0 Å². The lowest BCUT2D eigenvalue weighted by Gasteiger charge is -2.06. The molecule has 1 N–H and O–H groups in total. The first kappa shape index (κ1) is 9.90. The van der Waals surface area contributed by atoms with Crippen LogP contribution in [0.4, 0.5) is 0 Å². The maximum atomic E-state index is 5.23. The van der Waals surface area contributed by atoms with Gasteiger partial charge in [0.25, 0.3) is 0 Å². The van der Waals surface area contributed by atoms with E-state index in [0.717, 1.165) is 22.4 Å². The molecule has 3 rings (SSSR count). The standard InChI is InChI=1S/C14H12N2O/c1-17-11-5-6-12-10(7-11)3-2-4-13(12)14-8-15-9-16-14/h2-9H,1H3,(H,15,16).